The number of rotatable bonds is 2. The standard InChI is InChI=1S/C12H9ClIN5/c1-7(8-3-2-4-15-5-8)19-12-10(11(14)18-19)16-6-9(13)17-12/h2-7H,1H3. The van der Waals surface area contributed by atoms with Crippen molar-refractivity contribution in [3.63, 3.8) is 0 Å². The van der Waals surface area contributed by atoms with Gasteiger partial charge in [0, 0.05) is 12.4 Å². The monoisotopic (exact) mass is 385 g/mol. The van der Waals surface area contributed by atoms with Crippen LogP contribution in [0.1, 0.15) is 18.5 Å². The van der Waals surface area contributed by atoms with Crippen LogP contribution in [0.2, 0.25) is 5.15 Å². The Kier molecular flexibility index (Phi) is 3.36. The lowest BCUT2D eigenvalue weighted by molar-refractivity contribution is 0.574. The van der Waals surface area contributed by atoms with Crippen molar-refractivity contribution in [2.75, 3.05) is 0 Å². The molecule has 0 radical (unpaired) electrons. The van der Waals surface area contributed by atoms with Crippen LogP contribution in [-0.4, -0.2) is 24.7 Å². The highest BCUT2D eigenvalue weighted by Crippen LogP contribution is 2.24. The van der Waals surface area contributed by atoms with Crippen LogP contribution < -0.4 is 0 Å². The first kappa shape index (κ1) is 12.7. The molecule has 1 unspecified atom stereocenters. The van der Waals surface area contributed by atoms with E-state index in [4.69, 9.17) is 11.6 Å². The van der Waals surface area contributed by atoms with Gasteiger partial charge in [-0.25, -0.2) is 14.6 Å². The molecule has 5 nitrogen and oxygen atoms in total. The Bertz CT molecular complexity index is 728. The van der Waals surface area contributed by atoms with Gasteiger partial charge in [-0.05, 0) is 41.1 Å². The molecular weight excluding hydrogens is 377 g/mol. The minimum Gasteiger partial charge on any atom is -0.264 e. The molecule has 7 heteroatoms. The Morgan fingerprint density at radius 1 is 1.37 bits per heavy atom. The number of halogens is 2. The molecule has 96 valence electrons. The van der Waals surface area contributed by atoms with Crippen molar-refractivity contribution >= 4 is 45.4 Å². The highest BCUT2D eigenvalue weighted by molar-refractivity contribution is 14.1. The molecule has 1 atom stereocenters. The third kappa shape index (κ3) is 2.30. The second-order valence-corrected chi connectivity index (χ2v) is 5.47. The molecule has 0 aromatic carbocycles. The van der Waals surface area contributed by atoms with E-state index in [1.165, 1.54) is 6.20 Å². The zero-order valence-electron chi connectivity index (χ0n) is 9.96. The van der Waals surface area contributed by atoms with E-state index >= 15 is 0 Å². The summed E-state index contributed by atoms with van der Waals surface area (Å²) in [7, 11) is 0. The number of pyridine rings is 1. The van der Waals surface area contributed by atoms with E-state index in [0.29, 0.717) is 10.8 Å². The molecule has 0 aliphatic heterocycles. The number of aromatic nitrogens is 5. The average Bonchev–Trinajstić information content (AvgIpc) is 2.75. The predicted octanol–water partition coefficient (Wildman–Crippen LogP) is 3.09. The first-order chi connectivity index (χ1) is 9.16. The van der Waals surface area contributed by atoms with E-state index in [0.717, 1.165) is 14.8 Å². The van der Waals surface area contributed by atoms with Gasteiger partial charge in [-0.2, -0.15) is 5.10 Å². The van der Waals surface area contributed by atoms with Crippen molar-refractivity contribution in [3.05, 3.63) is 45.1 Å². The topological polar surface area (TPSA) is 56.5 Å². The molecule has 0 saturated carbocycles. The van der Waals surface area contributed by atoms with Crippen LogP contribution in [0.15, 0.2) is 30.7 Å². The van der Waals surface area contributed by atoms with Crippen molar-refractivity contribution in [2.24, 2.45) is 0 Å². The summed E-state index contributed by atoms with van der Waals surface area (Å²) < 4.78 is 2.64. The fourth-order valence-electron chi connectivity index (χ4n) is 1.89. The molecule has 3 aromatic heterocycles. The lowest BCUT2D eigenvalue weighted by Crippen LogP contribution is -2.09. The number of nitrogens with zero attached hydrogens (tertiary/aromatic N) is 5. The van der Waals surface area contributed by atoms with E-state index in [1.807, 2.05) is 29.9 Å². The van der Waals surface area contributed by atoms with Crippen molar-refractivity contribution in [1.82, 2.24) is 24.7 Å². The van der Waals surface area contributed by atoms with Gasteiger partial charge in [0.2, 0.25) is 0 Å². The summed E-state index contributed by atoms with van der Waals surface area (Å²) in [5.41, 5.74) is 2.51. The van der Waals surface area contributed by atoms with Crippen LogP contribution in [-0.2, 0) is 0 Å². The Morgan fingerprint density at radius 2 is 2.21 bits per heavy atom. The summed E-state index contributed by atoms with van der Waals surface area (Å²) in [6, 6.07) is 3.93. The first-order valence-electron chi connectivity index (χ1n) is 5.63. The lowest BCUT2D eigenvalue weighted by Gasteiger charge is -2.12. The maximum absolute atomic E-state index is 5.92. The summed E-state index contributed by atoms with van der Waals surface area (Å²) in [6.07, 6.45) is 5.10. The highest BCUT2D eigenvalue weighted by atomic mass is 127. The Labute approximate surface area is 128 Å². The smallest absolute Gasteiger partial charge is 0.180 e. The molecule has 19 heavy (non-hydrogen) atoms. The molecule has 0 N–H and O–H groups in total. The van der Waals surface area contributed by atoms with Crippen molar-refractivity contribution in [3.8, 4) is 0 Å². The normalized spacial score (nSPS) is 12.8. The van der Waals surface area contributed by atoms with E-state index in [-0.39, 0.29) is 6.04 Å². The molecular formula is C12H9ClIN5. The summed E-state index contributed by atoms with van der Waals surface area (Å²) in [4.78, 5) is 12.7. The molecule has 3 rings (SSSR count). The SMILES string of the molecule is CC(c1cccnc1)n1nc(I)c2ncc(Cl)nc21. The minimum absolute atomic E-state index is 0.0208. The van der Waals surface area contributed by atoms with Crippen molar-refractivity contribution < 1.29 is 0 Å². The van der Waals surface area contributed by atoms with Gasteiger partial charge in [0.1, 0.15) is 10.7 Å². The maximum Gasteiger partial charge on any atom is 0.180 e. The van der Waals surface area contributed by atoms with Crippen LogP contribution in [0.25, 0.3) is 11.2 Å². The van der Waals surface area contributed by atoms with Crippen molar-refractivity contribution in [2.45, 2.75) is 13.0 Å². The number of hydrogen-bond donors (Lipinski definition) is 0. The fraction of sp³-hybridized carbons (Fsp3) is 0.167. The molecule has 0 aliphatic rings. The van der Waals surface area contributed by atoms with E-state index in [2.05, 4.69) is 42.6 Å². The van der Waals surface area contributed by atoms with Gasteiger partial charge in [-0.3, -0.25) is 4.98 Å². The van der Waals surface area contributed by atoms with Crippen LogP contribution in [0.3, 0.4) is 0 Å². The highest BCUT2D eigenvalue weighted by Gasteiger charge is 2.17. The van der Waals surface area contributed by atoms with Crippen LogP contribution in [0.5, 0.6) is 0 Å². The Balaban J connectivity index is 2.17. The molecule has 0 saturated heterocycles. The van der Waals surface area contributed by atoms with Gasteiger partial charge < -0.3 is 0 Å². The molecule has 0 aliphatic carbocycles. The van der Waals surface area contributed by atoms with Crippen LogP contribution in [0.4, 0.5) is 0 Å². The van der Waals surface area contributed by atoms with Gasteiger partial charge in [-0.1, -0.05) is 17.7 Å². The number of hydrogen-bond acceptors (Lipinski definition) is 4. The molecule has 0 spiro atoms. The molecule has 0 amide bonds. The summed E-state index contributed by atoms with van der Waals surface area (Å²) >= 11 is 8.07. The third-order valence-corrected chi connectivity index (χ3v) is 3.78. The third-order valence-electron chi connectivity index (χ3n) is 2.87. The van der Waals surface area contributed by atoms with Gasteiger partial charge in [0.15, 0.2) is 9.35 Å². The van der Waals surface area contributed by atoms with Gasteiger partial charge in [0.25, 0.3) is 0 Å². The Hall–Kier alpha value is -1.28. The molecule has 0 fully saturated rings. The molecule has 3 heterocycles. The Morgan fingerprint density at radius 3 is 2.95 bits per heavy atom. The lowest BCUT2D eigenvalue weighted by atomic mass is 10.1. The average molecular weight is 386 g/mol. The van der Waals surface area contributed by atoms with Gasteiger partial charge >= 0.3 is 0 Å². The van der Waals surface area contributed by atoms with Crippen LogP contribution in [0, 0.1) is 3.70 Å². The second-order valence-electron chi connectivity index (χ2n) is 4.06. The fourth-order valence-corrected chi connectivity index (χ4v) is 2.63. The maximum atomic E-state index is 5.92. The van der Waals surface area contributed by atoms with Gasteiger partial charge in [-0.15, -0.1) is 0 Å². The van der Waals surface area contributed by atoms with Crippen LogP contribution >= 0.6 is 34.2 Å². The first-order valence-corrected chi connectivity index (χ1v) is 7.08. The van der Waals surface area contributed by atoms with E-state index in [9.17, 15) is 0 Å². The quantitative estimate of drug-likeness (QED) is 0.636. The molecule has 3 aromatic rings. The zero-order valence-corrected chi connectivity index (χ0v) is 12.9. The van der Waals surface area contributed by atoms with E-state index in [1.54, 1.807) is 6.20 Å². The number of fused-ring (bicyclic) bond motifs is 1. The largest absolute Gasteiger partial charge is 0.264 e. The predicted molar refractivity (Wildman–Crippen MR) is 81.1 cm³/mol. The van der Waals surface area contributed by atoms with Crippen molar-refractivity contribution in [1.29, 1.82) is 0 Å². The second kappa shape index (κ2) is 5.01. The summed E-state index contributed by atoms with van der Waals surface area (Å²) in [6.45, 7) is 2.04. The van der Waals surface area contributed by atoms with Gasteiger partial charge in [0.05, 0.1) is 12.2 Å². The minimum atomic E-state index is 0.0208. The van der Waals surface area contributed by atoms with E-state index < -0.39 is 0 Å². The summed E-state index contributed by atoms with van der Waals surface area (Å²) in [5, 5.41) is 4.86. The zero-order chi connectivity index (χ0) is 13.4. The summed E-state index contributed by atoms with van der Waals surface area (Å²) in [5.74, 6) is 0. The molecule has 0 bridgehead atoms.